The van der Waals surface area contributed by atoms with Gasteiger partial charge in [0.25, 0.3) is 5.91 Å². The van der Waals surface area contributed by atoms with Gasteiger partial charge in [0.2, 0.25) is 0 Å². The Balaban J connectivity index is 2.13. The van der Waals surface area contributed by atoms with E-state index in [1.54, 1.807) is 18.9 Å². The Morgan fingerprint density at radius 2 is 2.12 bits per heavy atom. The number of nitrogens with zero attached hydrogens (tertiary/aromatic N) is 1. The van der Waals surface area contributed by atoms with Crippen LogP contribution in [0.3, 0.4) is 0 Å². The molecule has 0 aliphatic heterocycles. The second-order valence-electron chi connectivity index (χ2n) is 5.30. The number of thiazole rings is 1. The zero-order chi connectivity index (χ0) is 17.5. The van der Waals surface area contributed by atoms with Crippen LogP contribution in [0.2, 0.25) is 0 Å². The number of aliphatic hydroxyl groups excluding tert-OH is 1. The molecule has 2 rings (SSSR count). The predicted molar refractivity (Wildman–Crippen MR) is 100 cm³/mol. The number of nitrogens with one attached hydrogen (secondary N) is 1. The number of thioether (sulfide) groups is 1. The molecule has 0 aliphatic carbocycles. The summed E-state index contributed by atoms with van der Waals surface area (Å²) in [6.07, 6.45) is 2.75. The van der Waals surface area contributed by atoms with E-state index in [1.807, 2.05) is 37.4 Å². The average Bonchev–Trinajstić information content (AvgIpc) is 3.00. The molecule has 1 heterocycles. The monoisotopic (exact) mass is 366 g/mol. The van der Waals surface area contributed by atoms with E-state index in [4.69, 9.17) is 4.74 Å². The molecule has 24 heavy (non-hydrogen) atoms. The fourth-order valence-electron chi connectivity index (χ4n) is 2.18. The van der Waals surface area contributed by atoms with Crippen molar-refractivity contribution < 1.29 is 14.6 Å². The summed E-state index contributed by atoms with van der Waals surface area (Å²) in [5.41, 5.74) is 1.65. The van der Waals surface area contributed by atoms with Crippen LogP contribution < -0.4 is 10.1 Å². The molecule has 0 saturated carbocycles. The van der Waals surface area contributed by atoms with Crippen molar-refractivity contribution in [1.29, 1.82) is 0 Å². The molecule has 2 aromatic rings. The van der Waals surface area contributed by atoms with Gasteiger partial charge in [-0.15, -0.1) is 11.3 Å². The topological polar surface area (TPSA) is 71.5 Å². The van der Waals surface area contributed by atoms with E-state index in [2.05, 4.69) is 10.3 Å². The molecule has 1 unspecified atom stereocenters. The summed E-state index contributed by atoms with van der Waals surface area (Å²) < 4.78 is 5.15. The van der Waals surface area contributed by atoms with Crippen LogP contribution in [0.15, 0.2) is 24.3 Å². The first-order valence-corrected chi connectivity index (χ1v) is 9.82. The summed E-state index contributed by atoms with van der Waals surface area (Å²) in [6.45, 7) is 1.77. The number of ether oxygens (including phenoxy) is 1. The van der Waals surface area contributed by atoms with Crippen LogP contribution in [0.5, 0.6) is 5.75 Å². The summed E-state index contributed by atoms with van der Waals surface area (Å²) in [7, 11) is 1.62. The molecule has 0 radical (unpaired) electrons. The molecule has 1 atom stereocenters. The first-order valence-electron chi connectivity index (χ1n) is 7.61. The van der Waals surface area contributed by atoms with Gasteiger partial charge in [-0.05, 0) is 49.6 Å². The Bertz CT molecular complexity index is 671. The van der Waals surface area contributed by atoms with Crippen LogP contribution >= 0.6 is 23.1 Å². The van der Waals surface area contributed by atoms with Gasteiger partial charge >= 0.3 is 0 Å². The minimum Gasteiger partial charge on any atom is -0.497 e. The number of carbonyl (C=O) groups is 1. The number of aryl methyl sites for hydroxylation is 1. The lowest BCUT2D eigenvalue weighted by Gasteiger charge is -2.15. The average molecular weight is 367 g/mol. The molecule has 0 aliphatic rings. The molecule has 0 bridgehead atoms. The van der Waals surface area contributed by atoms with E-state index in [0.29, 0.717) is 10.6 Å². The van der Waals surface area contributed by atoms with Gasteiger partial charge < -0.3 is 15.2 Å². The molecule has 1 aromatic carbocycles. The number of aliphatic hydroxyl groups is 1. The number of rotatable bonds is 8. The lowest BCUT2D eigenvalue weighted by molar-refractivity contribution is 0.0918. The molecule has 0 spiro atoms. The van der Waals surface area contributed by atoms with E-state index in [1.165, 1.54) is 11.3 Å². The van der Waals surface area contributed by atoms with Crippen LogP contribution in [-0.2, 0) is 0 Å². The second-order valence-corrected chi connectivity index (χ2v) is 7.28. The van der Waals surface area contributed by atoms with Crippen molar-refractivity contribution in [3.8, 4) is 16.3 Å². The van der Waals surface area contributed by atoms with Crippen molar-refractivity contribution in [3.05, 3.63) is 34.8 Å². The zero-order valence-electron chi connectivity index (χ0n) is 14.0. The maximum absolute atomic E-state index is 12.5. The standard InChI is InChI=1S/C17H22N2O3S2/c1-11-15(16(21)19-13(10-20)8-9-23-3)24-17(18-11)12-4-6-14(22-2)7-5-12/h4-7,13,20H,8-10H2,1-3H3,(H,19,21). The summed E-state index contributed by atoms with van der Waals surface area (Å²) >= 11 is 3.05. The smallest absolute Gasteiger partial charge is 0.263 e. The van der Waals surface area contributed by atoms with E-state index in [9.17, 15) is 9.90 Å². The third-order valence-electron chi connectivity index (χ3n) is 3.57. The number of amides is 1. The fraction of sp³-hybridized carbons (Fsp3) is 0.412. The SMILES string of the molecule is COc1ccc(-c2nc(C)c(C(=O)NC(CO)CCSC)s2)cc1. The van der Waals surface area contributed by atoms with E-state index in [0.717, 1.165) is 28.5 Å². The molecular weight excluding hydrogens is 344 g/mol. The largest absolute Gasteiger partial charge is 0.497 e. The van der Waals surface area contributed by atoms with Crippen molar-refractivity contribution in [2.45, 2.75) is 19.4 Å². The maximum atomic E-state index is 12.5. The summed E-state index contributed by atoms with van der Waals surface area (Å²) in [6, 6.07) is 7.36. The van der Waals surface area contributed by atoms with Crippen LogP contribution in [-0.4, -0.2) is 47.8 Å². The van der Waals surface area contributed by atoms with Crippen LogP contribution in [0.1, 0.15) is 21.8 Å². The van der Waals surface area contributed by atoms with Gasteiger partial charge in [-0.3, -0.25) is 4.79 Å². The van der Waals surface area contributed by atoms with Crippen LogP contribution in [0, 0.1) is 6.92 Å². The van der Waals surface area contributed by atoms with Crippen molar-refractivity contribution in [2.24, 2.45) is 0 Å². The first-order chi connectivity index (χ1) is 11.6. The van der Waals surface area contributed by atoms with E-state index in [-0.39, 0.29) is 18.6 Å². The molecular formula is C17H22N2O3S2. The lowest BCUT2D eigenvalue weighted by atomic mass is 10.2. The van der Waals surface area contributed by atoms with Gasteiger partial charge in [0, 0.05) is 5.56 Å². The lowest BCUT2D eigenvalue weighted by Crippen LogP contribution is -2.37. The summed E-state index contributed by atoms with van der Waals surface area (Å²) in [5.74, 6) is 1.50. The van der Waals surface area contributed by atoms with Crippen molar-refractivity contribution in [2.75, 3.05) is 25.7 Å². The third-order valence-corrected chi connectivity index (χ3v) is 5.42. The van der Waals surface area contributed by atoms with Gasteiger partial charge in [0.15, 0.2) is 0 Å². The number of hydrogen-bond acceptors (Lipinski definition) is 6. The number of benzene rings is 1. The molecule has 7 heteroatoms. The maximum Gasteiger partial charge on any atom is 0.263 e. The highest BCUT2D eigenvalue weighted by Gasteiger charge is 2.19. The summed E-state index contributed by atoms with van der Waals surface area (Å²) in [4.78, 5) is 17.6. The Kier molecular flexibility index (Phi) is 7.08. The summed E-state index contributed by atoms with van der Waals surface area (Å²) in [5, 5.41) is 13.1. The molecule has 1 amide bonds. The molecule has 5 nitrogen and oxygen atoms in total. The van der Waals surface area contributed by atoms with Crippen LogP contribution in [0.4, 0.5) is 0 Å². The number of methoxy groups -OCH3 is 1. The highest BCUT2D eigenvalue weighted by Crippen LogP contribution is 2.29. The minimum absolute atomic E-state index is 0.0600. The highest BCUT2D eigenvalue weighted by atomic mass is 32.2. The molecule has 2 N–H and O–H groups in total. The molecule has 0 saturated heterocycles. The van der Waals surface area contributed by atoms with Crippen LogP contribution in [0.25, 0.3) is 10.6 Å². The molecule has 0 fully saturated rings. The van der Waals surface area contributed by atoms with Gasteiger partial charge in [-0.25, -0.2) is 4.98 Å². The Labute approximate surface area is 150 Å². The normalized spacial score (nSPS) is 12.0. The third kappa shape index (κ3) is 4.72. The van der Waals surface area contributed by atoms with Crippen molar-refractivity contribution in [3.63, 3.8) is 0 Å². The number of carbonyl (C=O) groups excluding carboxylic acids is 1. The van der Waals surface area contributed by atoms with E-state index < -0.39 is 0 Å². The Morgan fingerprint density at radius 1 is 1.42 bits per heavy atom. The minimum atomic E-state index is -0.226. The van der Waals surface area contributed by atoms with Gasteiger partial charge in [-0.2, -0.15) is 11.8 Å². The van der Waals surface area contributed by atoms with Gasteiger partial charge in [-0.1, -0.05) is 0 Å². The zero-order valence-corrected chi connectivity index (χ0v) is 15.7. The van der Waals surface area contributed by atoms with Gasteiger partial charge in [0.05, 0.1) is 25.5 Å². The van der Waals surface area contributed by atoms with Gasteiger partial charge in [0.1, 0.15) is 15.6 Å². The molecule has 1 aromatic heterocycles. The first kappa shape index (κ1) is 18.8. The predicted octanol–water partition coefficient (Wildman–Crippen LogP) is 2.97. The second kappa shape index (κ2) is 9.05. The fourth-order valence-corrected chi connectivity index (χ4v) is 3.68. The number of hydrogen-bond donors (Lipinski definition) is 2. The Hall–Kier alpha value is -1.57. The quantitative estimate of drug-likeness (QED) is 0.751. The van der Waals surface area contributed by atoms with Crippen molar-refractivity contribution >= 4 is 29.0 Å². The highest BCUT2D eigenvalue weighted by molar-refractivity contribution is 7.98. The molecule has 130 valence electrons. The Morgan fingerprint density at radius 3 is 2.71 bits per heavy atom. The van der Waals surface area contributed by atoms with E-state index >= 15 is 0 Å². The van der Waals surface area contributed by atoms with Crippen molar-refractivity contribution in [1.82, 2.24) is 10.3 Å². The number of aromatic nitrogens is 1.